The Morgan fingerprint density at radius 1 is 1.09 bits per heavy atom. The second-order valence-corrected chi connectivity index (χ2v) is 8.47. The molecule has 164 valence electrons. The maximum absolute atomic E-state index is 6.39. The number of hydrogen-bond acceptors (Lipinski definition) is 7. The van der Waals surface area contributed by atoms with E-state index < -0.39 is 0 Å². The highest BCUT2D eigenvalue weighted by Gasteiger charge is 2.20. The maximum Gasteiger partial charge on any atom is 0.190 e. The molecule has 4 heterocycles. The molecule has 0 radical (unpaired) electrons. The fourth-order valence-corrected chi connectivity index (χ4v) is 4.31. The van der Waals surface area contributed by atoms with Crippen molar-refractivity contribution >= 4 is 29.0 Å². The van der Waals surface area contributed by atoms with Crippen molar-refractivity contribution < 1.29 is 0 Å². The van der Waals surface area contributed by atoms with Gasteiger partial charge in [-0.15, -0.1) is 5.10 Å². The third-order valence-corrected chi connectivity index (χ3v) is 6.45. The predicted octanol–water partition coefficient (Wildman–Crippen LogP) is 3.79. The van der Waals surface area contributed by atoms with Gasteiger partial charge in [0.15, 0.2) is 5.82 Å². The van der Waals surface area contributed by atoms with E-state index in [4.69, 9.17) is 28.9 Å². The number of pyridine rings is 1. The third kappa shape index (κ3) is 3.94. The molecule has 3 aromatic heterocycles. The molecule has 1 aromatic carbocycles. The Labute approximate surface area is 194 Å². The van der Waals surface area contributed by atoms with Crippen molar-refractivity contribution in [3.05, 3.63) is 52.9 Å². The number of nitrogens with zero attached hydrogens (tertiary/aromatic N) is 7. The van der Waals surface area contributed by atoms with Crippen LogP contribution in [0.5, 0.6) is 0 Å². The van der Waals surface area contributed by atoms with Crippen molar-refractivity contribution in [3.63, 3.8) is 0 Å². The van der Waals surface area contributed by atoms with Gasteiger partial charge in [0.25, 0.3) is 0 Å². The summed E-state index contributed by atoms with van der Waals surface area (Å²) in [4.78, 5) is 4.39. The van der Waals surface area contributed by atoms with Crippen LogP contribution in [0.25, 0.3) is 28.2 Å². The molecule has 0 aliphatic carbocycles. The summed E-state index contributed by atoms with van der Waals surface area (Å²) >= 11 is 12.6. The number of nitrogens with one attached hydrogen (secondary N) is 1. The van der Waals surface area contributed by atoms with Gasteiger partial charge in [-0.05, 0) is 61.0 Å². The van der Waals surface area contributed by atoms with Crippen molar-refractivity contribution in [2.24, 2.45) is 0 Å². The van der Waals surface area contributed by atoms with Gasteiger partial charge < -0.3 is 11.1 Å². The molecule has 1 unspecified atom stereocenters. The van der Waals surface area contributed by atoms with Crippen molar-refractivity contribution in [1.82, 2.24) is 40.3 Å². The first-order valence-corrected chi connectivity index (χ1v) is 11.1. The van der Waals surface area contributed by atoms with Gasteiger partial charge in [-0.25, -0.2) is 4.98 Å². The summed E-state index contributed by atoms with van der Waals surface area (Å²) in [5, 5.41) is 20.9. The average molecular weight is 470 g/mol. The summed E-state index contributed by atoms with van der Waals surface area (Å²) in [6.07, 6.45) is 8.95. The van der Waals surface area contributed by atoms with Crippen molar-refractivity contribution in [3.8, 4) is 28.2 Å². The lowest BCUT2D eigenvalue weighted by Crippen LogP contribution is -2.15. The van der Waals surface area contributed by atoms with Crippen molar-refractivity contribution in [2.75, 3.05) is 18.8 Å². The zero-order chi connectivity index (χ0) is 22.1. The molecule has 4 aromatic rings. The normalized spacial score (nSPS) is 16.8. The van der Waals surface area contributed by atoms with Crippen LogP contribution in [0.3, 0.4) is 0 Å². The van der Waals surface area contributed by atoms with Crippen LogP contribution in [-0.2, 0) is 0 Å². The zero-order valence-corrected chi connectivity index (χ0v) is 18.6. The zero-order valence-electron chi connectivity index (χ0n) is 17.1. The van der Waals surface area contributed by atoms with Gasteiger partial charge in [-0.3, -0.25) is 4.68 Å². The van der Waals surface area contributed by atoms with E-state index in [1.54, 1.807) is 24.4 Å². The smallest absolute Gasteiger partial charge is 0.190 e. The van der Waals surface area contributed by atoms with Crippen LogP contribution in [0.4, 0.5) is 5.82 Å². The monoisotopic (exact) mass is 469 g/mol. The quantitative estimate of drug-likeness (QED) is 0.467. The van der Waals surface area contributed by atoms with Gasteiger partial charge in [0, 0.05) is 23.5 Å². The number of halogens is 2. The molecule has 11 heteroatoms. The minimum Gasteiger partial charge on any atom is -0.383 e. The molecule has 32 heavy (non-hydrogen) atoms. The predicted molar refractivity (Wildman–Crippen MR) is 124 cm³/mol. The van der Waals surface area contributed by atoms with Gasteiger partial charge in [0.1, 0.15) is 5.82 Å². The first-order valence-electron chi connectivity index (χ1n) is 10.4. The number of rotatable bonds is 4. The van der Waals surface area contributed by atoms with Crippen LogP contribution >= 0.6 is 23.2 Å². The van der Waals surface area contributed by atoms with Gasteiger partial charge in [0.2, 0.25) is 0 Å². The highest BCUT2D eigenvalue weighted by atomic mass is 35.5. The topological polar surface area (TPSA) is 112 Å². The minimum atomic E-state index is 0.310. The highest BCUT2D eigenvalue weighted by molar-refractivity contribution is 6.43. The van der Waals surface area contributed by atoms with Crippen LogP contribution in [-0.4, -0.2) is 48.1 Å². The van der Waals surface area contributed by atoms with E-state index in [0.29, 0.717) is 39.0 Å². The Morgan fingerprint density at radius 2 is 2.00 bits per heavy atom. The lowest BCUT2D eigenvalue weighted by molar-refractivity contribution is 0.414. The molecule has 9 nitrogen and oxygen atoms in total. The molecule has 0 amide bonds. The molecule has 1 aliphatic rings. The first kappa shape index (κ1) is 20.9. The van der Waals surface area contributed by atoms with Crippen LogP contribution in [0.15, 0.2) is 42.9 Å². The minimum absolute atomic E-state index is 0.310. The number of nitrogens with two attached hydrogens (primary N) is 1. The second-order valence-electron chi connectivity index (χ2n) is 7.69. The van der Waals surface area contributed by atoms with E-state index in [2.05, 4.69) is 37.1 Å². The summed E-state index contributed by atoms with van der Waals surface area (Å²) in [6, 6.07) is 7.57. The van der Waals surface area contributed by atoms with Gasteiger partial charge in [-0.1, -0.05) is 29.3 Å². The lowest BCUT2D eigenvalue weighted by Gasteiger charge is -2.13. The Bertz CT molecular complexity index is 1240. The molecule has 1 aliphatic heterocycles. The SMILES string of the molecule is Nc1ncc(-c2cnn(C3CCCNCC3)c2)cc1-c1nnnn1-c1cccc(Cl)c1Cl. The number of nitrogen functional groups attached to an aromatic ring is 1. The molecule has 1 saturated heterocycles. The summed E-state index contributed by atoms with van der Waals surface area (Å²) < 4.78 is 3.56. The van der Waals surface area contributed by atoms with Gasteiger partial charge in [0.05, 0.1) is 33.5 Å². The molecule has 1 atom stereocenters. The fourth-order valence-electron chi connectivity index (χ4n) is 3.94. The summed E-state index contributed by atoms with van der Waals surface area (Å²) in [5.41, 5.74) is 9.18. The molecule has 0 saturated carbocycles. The third-order valence-electron chi connectivity index (χ3n) is 5.64. The van der Waals surface area contributed by atoms with Crippen LogP contribution < -0.4 is 11.1 Å². The molecular weight excluding hydrogens is 449 g/mol. The average Bonchev–Trinajstić information content (AvgIpc) is 3.40. The second kappa shape index (κ2) is 8.85. The summed E-state index contributed by atoms with van der Waals surface area (Å²) in [5.74, 6) is 0.730. The number of tetrazole rings is 1. The first-order chi connectivity index (χ1) is 15.6. The molecular formula is C21H21Cl2N9. The maximum atomic E-state index is 6.39. The number of benzene rings is 1. The Morgan fingerprint density at radius 3 is 2.91 bits per heavy atom. The van der Waals surface area contributed by atoms with E-state index in [9.17, 15) is 0 Å². The summed E-state index contributed by atoms with van der Waals surface area (Å²) in [7, 11) is 0. The van der Waals surface area contributed by atoms with Crippen molar-refractivity contribution in [1.29, 1.82) is 0 Å². The number of hydrogen-bond donors (Lipinski definition) is 2. The van der Waals surface area contributed by atoms with Gasteiger partial charge >= 0.3 is 0 Å². The van der Waals surface area contributed by atoms with E-state index in [1.807, 2.05) is 16.9 Å². The van der Waals surface area contributed by atoms with Crippen molar-refractivity contribution in [2.45, 2.75) is 25.3 Å². The van der Waals surface area contributed by atoms with E-state index >= 15 is 0 Å². The lowest BCUT2D eigenvalue weighted by atomic mass is 10.1. The highest BCUT2D eigenvalue weighted by Crippen LogP contribution is 2.33. The van der Waals surface area contributed by atoms with Gasteiger partial charge in [-0.2, -0.15) is 9.78 Å². The molecule has 5 rings (SSSR count). The largest absolute Gasteiger partial charge is 0.383 e. The molecule has 0 spiro atoms. The number of aromatic nitrogens is 7. The fraction of sp³-hybridized carbons (Fsp3) is 0.286. The molecule has 0 bridgehead atoms. The standard InChI is InChI=1S/C21H21Cl2N9/c22-17-4-1-5-18(19(17)23)32-21(28-29-30-32)16-9-13(10-26-20(16)24)14-11-27-31(12-14)15-3-2-7-25-8-6-15/h1,4-5,9-12,15,25H,2-3,6-8H2,(H2,24,26). The van der Waals surface area contributed by atoms with Crippen LogP contribution in [0, 0.1) is 0 Å². The number of anilines is 1. The molecule has 1 fully saturated rings. The Hall–Kier alpha value is -3.01. The van der Waals surface area contributed by atoms with Crippen LogP contribution in [0.1, 0.15) is 25.3 Å². The molecule has 3 N–H and O–H groups in total. The van der Waals surface area contributed by atoms with E-state index in [-0.39, 0.29) is 0 Å². The Kier molecular flexibility index (Phi) is 5.77. The Balaban J connectivity index is 1.51. The summed E-state index contributed by atoms with van der Waals surface area (Å²) in [6.45, 7) is 2.06. The van der Waals surface area contributed by atoms with E-state index in [1.165, 1.54) is 4.68 Å². The van der Waals surface area contributed by atoms with E-state index in [0.717, 1.165) is 43.5 Å². The van der Waals surface area contributed by atoms with Crippen LogP contribution in [0.2, 0.25) is 10.0 Å².